The molecule has 2 aromatic rings. The molecule has 0 saturated carbocycles. The third kappa shape index (κ3) is 2.80. The Morgan fingerprint density at radius 1 is 1.52 bits per heavy atom. The fourth-order valence-electron chi connectivity index (χ4n) is 2.68. The van der Waals surface area contributed by atoms with Crippen molar-refractivity contribution < 1.29 is 23.1 Å². The number of anilines is 1. The SMILES string of the molecule is CCc1ccc([C@H]2C[C@H](C(F)(F)F)n3ncc(C(=O)O)c3N2)s1. The molecule has 2 atom stereocenters. The maximum atomic E-state index is 13.4. The van der Waals surface area contributed by atoms with Crippen LogP contribution in [-0.2, 0) is 6.42 Å². The van der Waals surface area contributed by atoms with E-state index in [9.17, 15) is 18.0 Å². The minimum atomic E-state index is -4.50. The van der Waals surface area contributed by atoms with Crippen LogP contribution in [0.4, 0.5) is 19.0 Å². The van der Waals surface area contributed by atoms with Gasteiger partial charge in [-0.25, -0.2) is 9.48 Å². The first-order valence-corrected chi connectivity index (χ1v) is 7.85. The van der Waals surface area contributed by atoms with Crippen molar-refractivity contribution in [2.75, 3.05) is 5.32 Å². The van der Waals surface area contributed by atoms with Gasteiger partial charge in [0.15, 0.2) is 6.04 Å². The Bertz CT molecular complexity index is 738. The number of alkyl halides is 3. The van der Waals surface area contributed by atoms with Crippen LogP contribution in [0.3, 0.4) is 0 Å². The van der Waals surface area contributed by atoms with E-state index in [0.717, 1.165) is 27.1 Å². The maximum absolute atomic E-state index is 13.4. The summed E-state index contributed by atoms with van der Waals surface area (Å²) in [5.74, 6) is -1.40. The number of aromatic carboxylic acids is 1. The number of carbonyl (C=O) groups is 1. The van der Waals surface area contributed by atoms with E-state index in [4.69, 9.17) is 5.11 Å². The Hall–Kier alpha value is -2.03. The number of hydrogen-bond donors (Lipinski definition) is 2. The van der Waals surface area contributed by atoms with Crippen molar-refractivity contribution in [2.24, 2.45) is 0 Å². The Morgan fingerprint density at radius 2 is 2.26 bits per heavy atom. The van der Waals surface area contributed by atoms with E-state index in [0.29, 0.717) is 0 Å². The smallest absolute Gasteiger partial charge is 0.410 e. The molecule has 0 fully saturated rings. The summed E-state index contributed by atoms with van der Waals surface area (Å²) in [4.78, 5) is 13.0. The second-order valence-electron chi connectivity index (χ2n) is 5.30. The Balaban J connectivity index is 2.03. The molecular formula is C14H14F3N3O2S. The first kappa shape index (κ1) is 15.9. The normalized spacial score (nSPS) is 20.9. The lowest BCUT2D eigenvalue weighted by molar-refractivity contribution is -0.173. The van der Waals surface area contributed by atoms with E-state index in [1.165, 1.54) is 11.3 Å². The van der Waals surface area contributed by atoms with E-state index in [-0.39, 0.29) is 17.8 Å². The first-order valence-electron chi connectivity index (χ1n) is 7.04. The quantitative estimate of drug-likeness (QED) is 0.886. The molecule has 3 heterocycles. The highest BCUT2D eigenvalue weighted by Gasteiger charge is 2.47. The molecule has 1 aliphatic rings. The van der Waals surface area contributed by atoms with Crippen LogP contribution < -0.4 is 5.32 Å². The van der Waals surface area contributed by atoms with Crippen LogP contribution in [0.15, 0.2) is 18.3 Å². The molecular weight excluding hydrogens is 331 g/mol. The molecule has 2 aromatic heterocycles. The zero-order valence-electron chi connectivity index (χ0n) is 12.1. The summed E-state index contributed by atoms with van der Waals surface area (Å²) < 4.78 is 40.8. The van der Waals surface area contributed by atoms with E-state index in [2.05, 4.69) is 10.4 Å². The Labute approximate surface area is 133 Å². The zero-order valence-corrected chi connectivity index (χ0v) is 12.9. The second kappa shape index (κ2) is 5.55. The van der Waals surface area contributed by atoms with Gasteiger partial charge in [0, 0.05) is 16.2 Å². The number of thiophene rings is 1. The van der Waals surface area contributed by atoms with Gasteiger partial charge in [0.25, 0.3) is 0 Å². The summed E-state index contributed by atoms with van der Waals surface area (Å²) in [6.45, 7) is 1.97. The van der Waals surface area contributed by atoms with Crippen LogP contribution in [0.25, 0.3) is 0 Å². The lowest BCUT2D eigenvalue weighted by Crippen LogP contribution is -2.35. The van der Waals surface area contributed by atoms with Gasteiger partial charge in [-0.15, -0.1) is 11.3 Å². The molecule has 1 aliphatic heterocycles. The van der Waals surface area contributed by atoms with Gasteiger partial charge in [-0.3, -0.25) is 0 Å². The molecule has 2 N–H and O–H groups in total. The lowest BCUT2D eigenvalue weighted by atomic mass is 10.0. The van der Waals surface area contributed by atoms with Crippen molar-refractivity contribution >= 4 is 23.1 Å². The zero-order chi connectivity index (χ0) is 16.8. The van der Waals surface area contributed by atoms with Gasteiger partial charge in [-0.1, -0.05) is 6.92 Å². The highest BCUT2D eigenvalue weighted by Crippen LogP contribution is 2.45. The van der Waals surface area contributed by atoms with Crippen LogP contribution >= 0.6 is 11.3 Å². The van der Waals surface area contributed by atoms with E-state index >= 15 is 0 Å². The molecule has 5 nitrogen and oxygen atoms in total. The third-order valence-electron chi connectivity index (χ3n) is 3.84. The fourth-order valence-corrected chi connectivity index (χ4v) is 3.69. The van der Waals surface area contributed by atoms with E-state index < -0.39 is 24.2 Å². The van der Waals surface area contributed by atoms with Gasteiger partial charge in [-0.2, -0.15) is 18.3 Å². The van der Waals surface area contributed by atoms with Gasteiger partial charge in [-0.05, 0) is 18.6 Å². The van der Waals surface area contributed by atoms with Gasteiger partial charge in [0.05, 0.1) is 12.2 Å². The van der Waals surface area contributed by atoms with Crippen molar-refractivity contribution in [2.45, 2.75) is 38.0 Å². The molecule has 0 aromatic carbocycles. The summed E-state index contributed by atoms with van der Waals surface area (Å²) in [6, 6.07) is 1.24. The second-order valence-corrected chi connectivity index (χ2v) is 6.50. The number of rotatable bonds is 3. The van der Waals surface area contributed by atoms with Gasteiger partial charge in [0.2, 0.25) is 0 Å². The summed E-state index contributed by atoms with van der Waals surface area (Å²) in [5, 5.41) is 15.7. The number of aryl methyl sites for hydroxylation is 1. The molecule has 0 radical (unpaired) electrons. The van der Waals surface area contributed by atoms with Gasteiger partial charge in [0.1, 0.15) is 11.4 Å². The number of hydrogen-bond acceptors (Lipinski definition) is 4. The molecule has 0 spiro atoms. The van der Waals surface area contributed by atoms with Crippen molar-refractivity contribution in [3.05, 3.63) is 33.6 Å². The molecule has 0 unspecified atom stereocenters. The van der Waals surface area contributed by atoms with Gasteiger partial charge < -0.3 is 10.4 Å². The van der Waals surface area contributed by atoms with Crippen molar-refractivity contribution in [1.82, 2.24) is 9.78 Å². The largest absolute Gasteiger partial charge is 0.477 e. The standard InChI is InChI=1S/C14H14F3N3O2S/c1-2-7-3-4-10(23-7)9-5-11(14(15,16)17)20-12(19-9)8(6-18-20)13(21)22/h3-4,6,9,11,19H,2,5H2,1H3,(H,21,22)/t9-,11-/m1/s1. The van der Waals surface area contributed by atoms with E-state index in [1.807, 2.05) is 13.0 Å². The maximum Gasteiger partial charge on any atom is 0.410 e. The first-order chi connectivity index (χ1) is 10.8. The van der Waals surface area contributed by atoms with Crippen molar-refractivity contribution in [3.63, 3.8) is 0 Å². The minimum absolute atomic E-state index is 0.0949. The molecule has 3 rings (SSSR count). The number of aromatic nitrogens is 2. The molecule has 23 heavy (non-hydrogen) atoms. The number of carboxylic acids is 1. The topological polar surface area (TPSA) is 67.2 Å². The number of nitrogens with zero attached hydrogens (tertiary/aromatic N) is 2. The lowest BCUT2D eigenvalue weighted by Gasteiger charge is -2.33. The summed E-state index contributed by atoms with van der Waals surface area (Å²) >= 11 is 1.44. The van der Waals surface area contributed by atoms with Crippen molar-refractivity contribution in [1.29, 1.82) is 0 Å². The number of nitrogens with one attached hydrogen (secondary N) is 1. The Morgan fingerprint density at radius 3 is 2.83 bits per heavy atom. The molecule has 0 amide bonds. The average Bonchev–Trinajstić information content (AvgIpc) is 3.11. The number of carboxylic acid groups (broad SMARTS) is 1. The van der Waals surface area contributed by atoms with Crippen LogP contribution in [0.5, 0.6) is 0 Å². The minimum Gasteiger partial charge on any atom is -0.477 e. The summed E-state index contributed by atoms with van der Waals surface area (Å²) in [7, 11) is 0. The fraction of sp³-hybridized carbons (Fsp3) is 0.429. The molecule has 0 saturated heterocycles. The molecule has 0 bridgehead atoms. The van der Waals surface area contributed by atoms with Crippen LogP contribution in [0.2, 0.25) is 0 Å². The van der Waals surface area contributed by atoms with E-state index in [1.54, 1.807) is 6.07 Å². The molecule has 9 heteroatoms. The molecule has 124 valence electrons. The van der Waals surface area contributed by atoms with Crippen LogP contribution in [0.1, 0.15) is 45.5 Å². The average molecular weight is 345 g/mol. The predicted octanol–water partition coefficient (Wildman–Crippen LogP) is 3.87. The highest BCUT2D eigenvalue weighted by molar-refractivity contribution is 7.12. The number of halogens is 3. The van der Waals surface area contributed by atoms with Crippen molar-refractivity contribution in [3.8, 4) is 0 Å². The van der Waals surface area contributed by atoms with Gasteiger partial charge >= 0.3 is 12.1 Å². The summed E-state index contributed by atoms with van der Waals surface area (Å²) in [6.07, 6.45) is -2.96. The molecule has 0 aliphatic carbocycles. The third-order valence-corrected chi connectivity index (χ3v) is 5.19. The van der Waals surface area contributed by atoms with Crippen LogP contribution in [0, 0.1) is 0 Å². The Kier molecular flexibility index (Phi) is 3.83. The summed E-state index contributed by atoms with van der Waals surface area (Å²) in [5.41, 5.74) is -0.253. The predicted molar refractivity (Wildman–Crippen MR) is 79.0 cm³/mol. The monoisotopic (exact) mass is 345 g/mol. The highest BCUT2D eigenvalue weighted by atomic mass is 32.1. The number of fused-ring (bicyclic) bond motifs is 1. The van der Waals surface area contributed by atoms with Crippen LogP contribution in [-0.4, -0.2) is 27.0 Å².